The summed E-state index contributed by atoms with van der Waals surface area (Å²) in [6.45, 7) is 3.63. The number of ether oxygens (including phenoxy) is 1. The van der Waals surface area contributed by atoms with Gasteiger partial charge >= 0.3 is 0 Å². The second-order valence-corrected chi connectivity index (χ2v) is 5.94. The van der Waals surface area contributed by atoms with Crippen molar-refractivity contribution in [2.24, 2.45) is 0 Å². The quantitative estimate of drug-likeness (QED) is 0.882. The van der Waals surface area contributed by atoms with Crippen molar-refractivity contribution < 1.29 is 14.6 Å². The average molecular weight is 326 g/mol. The Morgan fingerprint density at radius 3 is 2.71 bits per heavy atom. The zero-order valence-electron chi connectivity index (χ0n) is 13.5. The van der Waals surface area contributed by atoms with Crippen LogP contribution in [0, 0.1) is 0 Å². The number of rotatable bonds is 5. The lowest BCUT2D eigenvalue weighted by Crippen LogP contribution is -2.47. The molecule has 0 spiro atoms. The Kier molecular flexibility index (Phi) is 5.46. The maximum Gasteiger partial charge on any atom is 0.255 e. The summed E-state index contributed by atoms with van der Waals surface area (Å²) < 4.78 is 5.74. The highest BCUT2D eigenvalue weighted by Gasteiger charge is 2.21. The number of hydrogen-bond donors (Lipinski definition) is 2. The van der Waals surface area contributed by atoms with Gasteiger partial charge in [0.25, 0.3) is 5.91 Å². The predicted molar refractivity (Wildman–Crippen MR) is 91.9 cm³/mol. The monoisotopic (exact) mass is 326 g/mol. The van der Waals surface area contributed by atoms with Crippen LogP contribution in [-0.4, -0.2) is 48.3 Å². The molecule has 1 amide bonds. The van der Waals surface area contributed by atoms with Crippen LogP contribution in [0.5, 0.6) is 5.75 Å². The van der Waals surface area contributed by atoms with E-state index in [9.17, 15) is 9.90 Å². The molecule has 0 saturated carbocycles. The number of hydrogen-bond acceptors (Lipinski definition) is 4. The number of carbonyl (C=O) groups is 1. The second-order valence-electron chi connectivity index (χ2n) is 5.94. The molecule has 0 aliphatic carbocycles. The van der Waals surface area contributed by atoms with Crippen molar-refractivity contribution in [1.29, 1.82) is 0 Å². The minimum absolute atomic E-state index is 0.00901. The van der Waals surface area contributed by atoms with Crippen molar-refractivity contribution in [2.75, 3.05) is 26.2 Å². The van der Waals surface area contributed by atoms with E-state index in [1.165, 1.54) is 11.6 Å². The Bertz CT molecular complexity index is 675. The van der Waals surface area contributed by atoms with Gasteiger partial charge in [-0.1, -0.05) is 42.5 Å². The number of aromatic hydroxyl groups is 1. The lowest BCUT2D eigenvalue weighted by molar-refractivity contribution is -0.0292. The first kappa shape index (κ1) is 16.5. The van der Waals surface area contributed by atoms with Crippen LogP contribution in [0.3, 0.4) is 0 Å². The summed E-state index contributed by atoms with van der Waals surface area (Å²) in [5.74, 6) is -0.290. The summed E-state index contributed by atoms with van der Waals surface area (Å²) in [5.41, 5.74) is 1.56. The van der Waals surface area contributed by atoms with E-state index in [-0.39, 0.29) is 23.3 Å². The van der Waals surface area contributed by atoms with E-state index in [0.29, 0.717) is 13.2 Å². The number of carbonyl (C=O) groups excluding carboxylic acids is 1. The Labute approximate surface area is 141 Å². The van der Waals surface area contributed by atoms with E-state index in [4.69, 9.17) is 4.74 Å². The number of morpholine rings is 1. The Morgan fingerprint density at radius 1 is 1.17 bits per heavy atom. The Morgan fingerprint density at radius 2 is 1.92 bits per heavy atom. The molecule has 24 heavy (non-hydrogen) atoms. The van der Waals surface area contributed by atoms with Crippen LogP contribution in [-0.2, 0) is 11.3 Å². The fraction of sp³-hybridized carbons (Fsp3) is 0.316. The Balaban J connectivity index is 1.50. The van der Waals surface area contributed by atoms with Gasteiger partial charge in [0.05, 0.1) is 18.3 Å². The molecular weight excluding hydrogens is 304 g/mol. The standard InChI is InChI=1S/C19H22N2O3/c22-18-9-5-4-8-17(18)19(23)20-12-16-14-21(10-11-24-16)13-15-6-2-1-3-7-15/h1-9,16,22H,10-14H2,(H,20,23)/t16-/m1/s1. The third-order valence-corrected chi connectivity index (χ3v) is 4.11. The first-order valence-electron chi connectivity index (χ1n) is 8.16. The molecule has 3 rings (SSSR count). The van der Waals surface area contributed by atoms with Crippen LogP contribution in [0.1, 0.15) is 15.9 Å². The minimum Gasteiger partial charge on any atom is -0.507 e. The fourth-order valence-corrected chi connectivity index (χ4v) is 2.86. The van der Waals surface area contributed by atoms with Gasteiger partial charge < -0.3 is 15.2 Å². The highest BCUT2D eigenvalue weighted by Crippen LogP contribution is 2.15. The van der Waals surface area contributed by atoms with Crippen LogP contribution in [0.2, 0.25) is 0 Å². The molecule has 0 bridgehead atoms. The lowest BCUT2D eigenvalue weighted by Gasteiger charge is -2.33. The highest BCUT2D eigenvalue weighted by molar-refractivity contribution is 5.96. The summed E-state index contributed by atoms with van der Waals surface area (Å²) in [7, 11) is 0. The van der Waals surface area contributed by atoms with E-state index < -0.39 is 0 Å². The molecule has 1 atom stereocenters. The average Bonchev–Trinajstić information content (AvgIpc) is 2.61. The molecule has 0 unspecified atom stereocenters. The molecule has 5 nitrogen and oxygen atoms in total. The molecule has 0 aromatic heterocycles. The van der Waals surface area contributed by atoms with Gasteiger partial charge in [0.2, 0.25) is 0 Å². The van der Waals surface area contributed by atoms with Crippen molar-refractivity contribution in [2.45, 2.75) is 12.6 Å². The third kappa shape index (κ3) is 4.34. The zero-order chi connectivity index (χ0) is 16.8. The smallest absolute Gasteiger partial charge is 0.255 e. The molecule has 0 radical (unpaired) electrons. The SMILES string of the molecule is O=C(NC[C@@H]1CN(Cc2ccccc2)CCO1)c1ccccc1O. The minimum atomic E-state index is -0.281. The number of benzene rings is 2. The normalized spacial score (nSPS) is 18.2. The van der Waals surface area contributed by atoms with Gasteiger partial charge in [-0.15, -0.1) is 0 Å². The lowest BCUT2D eigenvalue weighted by atomic mass is 10.1. The van der Waals surface area contributed by atoms with Gasteiger partial charge in [0, 0.05) is 26.2 Å². The number of phenols is 1. The van der Waals surface area contributed by atoms with Crippen LogP contribution >= 0.6 is 0 Å². The summed E-state index contributed by atoms with van der Waals surface area (Å²) in [6, 6.07) is 16.9. The molecule has 2 aromatic rings. The highest BCUT2D eigenvalue weighted by atomic mass is 16.5. The second kappa shape index (κ2) is 7.95. The van der Waals surface area contributed by atoms with E-state index in [0.717, 1.165) is 19.6 Å². The largest absolute Gasteiger partial charge is 0.507 e. The van der Waals surface area contributed by atoms with Crippen LogP contribution in [0.25, 0.3) is 0 Å². The molecule has 5 heteroatoms. The van der Waals surface area contributed by atoms with Crippen molar-refractivity contribution in [3.05, 3.63) is 65.7 Å². The van der Waals surface area contributed by atoms with Crippen molar-refractivity contribution in [1.82, 2.24) is 10.2 Å². The van der Waals surface area contributed by atoms with Crippen molar-refractivity contribution in [3.8, 4) is 5.75 Å². The van der Waals surface area contributed by atoms with Gasteiger partial charge in [-0.25, -0.2) is 0 Å². The summed E-state index contributed by atoms with van der Waals surface area (Å²) in [5, 5.41) is 12.6. The van der Waals surface area contributed by atoms with Crippen molar-refractivity contribution >= 4 is 5.91 Å². The summed E-state index contributed by atoms with van der Waals surface area (Å²) in [6.07, 6.45) is -0.0442. The number of amides is 1. The first-order valence-corrected chi connectivity index (χ1v) is 8.16. The number of nitrogens with zero attached hydrogens (tertiary/aromatic N) is 1. The summed E-state index contributed by atoms with van der Waals surface area (Å²) in [4.78, 5) is 14.5. The summed E-state index contributed by atoms with van der Waals surface area (Å²) >= 11 is 0. The van der Waals surface area contributed by atoms with Gasteiger partial charge in [-0.05, 0) is 17.7 Å². The molecule has 1 aliphatic heterocycles. The van der Waals surface area contributed by atoms with E-state index >= 15 is 0 Å². The zero-order valence-corrected chi connectivity index (χ0v) is 13.5. The molecule has 2 N–H and O–H groups in total. The molecule has 1 aliphatic rings. The van der Waals surface area contributed by atoms with Crippen LogP contribution in [0.15, 0.2) is 54.6 Å². The van der Waals surface area contributed by atoms with Gasteiger partial charge in [0.15, 0.2) is 0 Å². The maximum atomic E-state index is 12.1. The van der Waals surface area contributed by atoms with Crippen molar-refractivity contribution in [3.63, 3.8) is 0 Å². The first-order chi connectivity index (χ1) is 11.7. The van der Waals surface area contributed by atoms with E-state index in [2.05, 4.69) is 22.3 Å². The molecule has 1 fully saturated rings. The number of phenolic OH excluding ortho intramolecular Hbond substituents is 1. The predicted octanol–water partition coefficient (Wildman–Crippen LogP) is 2.02. The molecule has 126 valence electrons. The Hall–Kier alpha value is -2.37. The third-order valence-electron chi connectivity index (χ3n) is 4.11. The molecule has 1 heterocycles. The van der Waals surface area contributed by atoms with Gasteiger partial charge in [0.1, 0.15) is 5.75 Å². The van der Waals surface area contributed by atoms with Gasteiger partial charge in [-0.2, -0.15) is 0 Å². The van der Waals surface area contributed by atoms with Crippen LogP contribution < -0.4 is 5.32 Å². The number of nitrogens with one attached hydrogen (secondary N) is 1. The van der Waals surface area contributed by atoms with E-state index in [1.54, 1.807) is 18.2 Å². The molecular formula is C19H22N2O3. The topological polar surface area (TPSA) is 61.8 Å². The maximum absolute atomic E-state index is 12.1. The molecule has 2 aromatic carbocycles. The molecule has 1 saturated heterocycles. The fourth-order valence-electron chi connectivity index (χ4n) is 2.86. The van der Waals surface area contributed by atoms with E-state index in [1.807, 2.05) is 18.2 Å². The number of para-hydroxylation sites is 1. The van der Waals surface area contributed by atoms with Crippen LogP contribution in [0.4, 0.5) is 0 Å². The van der Waals surface area contributed by atoms with Gasteiger partial charge in [-0.3, -0.25) is 9.69 Å².